The van der Waals surface area contributed by atoms with E-state index in [1.165, 1.54) is 0 Å². The van der Waals surface area contributed by atoms with Crippen molar-refractivity contribution in [3.63, 3.8) is 0 Å². The Labute approximate surface area is 111 Å². The summed E-state index contributed by atoms with van der Waals surface area (Å²) in [5, 5.41) is 1.17. The lowest BCUT2D eigenvalue weighted by molar-refractivity contribution is -0.144. The molecule has 1 saturated heterocycles. The third-order valence-electron chi connectivity index (χ3n) is 2.79. The fraction of sp³-hybridized carbons (Fsp3) is 0.833. The lowest BCUT2D eigenvalue weighted by Gasteiger charge is -2.30. The van der Waals surface area contributed by atoms with Gasteiger partial charge in [0, 0.05) is 22.7 Å². The van der Waals surface area contributed by atoms with Gasteiger partial charge >= 0.3 is 5.97 Å². The maximum absolute atomic E-state index is 11.9. The second-order valence-electron chi connectivity index (χ2n) is 4.14. The first-order chi connectivity index (χ1) is 8.04. The molecular formula is C12H20O3S2. The smallest absolute Gasteiger partial charge is 0.306 e. The van der Waals surface area contributed by atoms with Gasteiger partial charge in [0.2, 0.25) is 0 Å². The molecule has 0 amide bonds. The zero-order valence-corrected chi connectivity index (χ0v) is 12.2. The van der Waals surface area contributed by atoms with E-state index in [-0.39, 0.29) is 23.4 Å². The SMILES string of the molecule is CCOC(=O)CCC(=O)C1CSC(C)C(C)S1. The van der Waals surface area contributed by atoms with Crippen molar-refractivity contribution in [3.8, 4) is 0 Å². The molecule has 0 saturated carbocycles. The van der Waals surface area contributed by atoms with Crippen LogP contribution in [0, 0.1) is 0 Å². The average Bonchev–Trinajstić information content (AvgIpc) is 2.30. The molecule has 3 nitrogen and oxygen atoms in total. The zero-order valence-electron chi connectivity index (χ0n) is 10.6. The minimum absolute atomic E-state index is 0.0561. The number of ketones is 1. The van der Waals surface area contributed by atoms with Gasteiger partial charge in [0.25, 0.3) is 0 Å². The van der Waals surface area contributed by atoms with Crippen LogP contribution in [-0.2, 0) is 14.3 Å². The van der Waals surface area contributed by atoms with Crippen molar-refractivity contribution >= 4 is 35.3 Å². The van der Waals surface area contributed by atoms with Gasteiger partial charge in [0.15, 0.2) is 0 Å². The van der Waals surface area contributed by atoms with E-state index in [9.17, 15) is 9.59 Å². The van der Waals surface area contributed by atoms with Gasteiger partial charge in [-0.1, -0.05) is 13.8 Å². The summed E-state index contributed by atoms with van der Waals surface area (Å²) < 4.78 is 4.81. The summed E-state index contributed by atoms with van der Waals surface area (Å²) in [4.78, 5) is 23.1. The van der Waals surface area contributed by atoms with Gasteiger partial charge in [-0.2, -0.15) is 11.8 Å². The first-order valence-electron chi connectivity index (χ1n) is 6.00. The number of esters is 1. The molecule has 0 spiro atoms. The van der Waals surface area contributed by atoms with E-state index in [1.807, 2.05) is 11.8 Å². The van der Waals surface area contributed by atoms with Crippen molar-refractivity contribution in [1.82, 2.24) is 0 Å². The molecule has 1 aliphatic rings. The van der Waals surface area contributed by atoms with E-state index in [2.05, 4.69) is 13.8 Å². The van der Waals surface area contributed by atoms with E-state index >= 15 is 0 Å². The van der Waals surface area contributed by atoms with Crippen LogP contribution in [0.25, 0.3) is 0 Å². The Bertz CT molecular complexity index is 281. The number of carbonyl (C=O) groups excluding carboxylic acids is 2. The molecule has 1 heterocycles. The van der Waals surface area contributed by atoms with E-state index in [4.69, 9.17) is 4.74 Å². The lowest BCUT2D eigenvalue weighted by atomic mass is 10.2. The number of hydrogen-bond donors (Lipinski definition) is 0. The molecule has 1 fully saturated rings. The Morgan fingerprint density at radius 2 is 1.94 bits per heavy atom. The second kappa shape index (κ2) is 7.31. The Balaban J connectivity index is 2.31. The highest BCUT2D eigenvalue weighted by Gasteiger charge is 2.30. The quantitative estimate of drug-likeness (QED) is 0.722. The van der Waals surface area contributed by atoms with Crippen LogP contribution in [-0.4, -0.2) is 39.9 Å². The molecule has 0 aliphatic carbocycles. The molecular weight excluding hydrogens is 256 g/mol. The van der Waals surface area contributed by atoms with Crippen LogP contribution < -0.4 is 0 Å². The third kappa shape index (κ3) is 4.92. The van der Waals surface area contributed by atoms with Gasteiger partial charge in [-0.15, -0.1) is 11.8 Å². The van der Waals surface area contributed by atoms with Gasteiger partial charge in [-0.25, -0.2) is 0 Å². The largest absolute Gasteiger partial charge is 0.466 e. The Hall–Kier alpha value is -0.160. The van der Waals surface area contributed by atoms with E-state index < -0.39 is 0 Å². The molecule has 0 radical (unpaired) electrons. The van der Waals surface area contributed by atoms with Gasteiger partial charge in [-0.3, -0.25) is 9.59 Å². The number of Topliss-reactive ketones (excluding diaryl/α,β-unsaturated/α-hetero) is 1. The molecule has 0 N–H and O–H groups in total. The monoisotopic (exact) mass is 276 g/mol. The van der Waals surface area contributed by atoms with Crippen LogP contribution in [0.2, 0.25) is 0 Å². The fourth-order valence-electron chi connectivity index (χ4n) is 1.57. The molecule has 1 rings (SSSR count). The minimum Gasteiger partial charge on any atom is -0.466 e. The molecule has 0 aromatic heterocycles. The molecule has 5 heteroatoms. The highest BCUT2D eigenvalue weighted by atomic mass is 32.2. The predicted octanol–water partition coefficient (Wildman–Crippen LogP) is 2.52. The number of thioether (sulfide) groups is 2. The van der Waals surface area contributed by atoms with Gasteiger partial charge in [0.05, 0.1) is 18.3 Å². The maximum atomic E-state index is 11.9. The lowest BCUT2D eigenvalue weighted by Crippen LogP contribution is -2.31. The summed E-state index contributed by atoms with van der Waals surface area (Å²) in [5.41, 5.74) is 0. The molecule has 0 aromatic rings. The number of carbonyl (C=O) groups is 2. The van der Waals surface area contributed by atoms with Crippen LogP contribution >= 0.6 is 23.5 Å². The highest BCUT2D eigenvalue weighted by Crippen LogP contribution is 2.36. The van der Waals surface area contributed by atoms with Crippen molar-refractivity contribution in [2.24, 2.45) is 0 Å². The Kier molecular flexibility index (Phi) is 6.41. The van der Waals surface area contributed by atoms with Gasteiger partial charge < -0.3 is 4.74 Å². The van der Waals surface area contributed by atoms with Crippen molar-refractivity contribution in [1.29, 1.82) is 0 Å². The van der Waals surface area contributed by atoms with Gasteiger partial charge in [0.1, 0.15) is 5.78 Å². The molecule has 17 heavy (non-hydrogen) atoms. The van der Waals surface area contributed by atoms with Crippen molar-refractivity contribution in [2.75, 3.05) is 12.4 Å². The minimum atomic E-state index is -0.268. The molecule has 0 bridgehead atoms. The molecule has 3 atom stereocenters. The first kappa shape index (κ1) is 14.9. The molecule has 1 aliphatic heterocycles. The zero-order chi connectivity index (χ0) is 12.8. The van der Waals surface area contributed by atoms with E-state index in [1.54, 1.807) is 18.7 Å². The van der Waals surface area contributed by atoms with Crippen molar-refractivity contribution in [3.05, 3.63) is 0 Å². The number of ether oxygens (including phenoxy) is 1. The number of hydrogen-bond acceptors (Lipinski definition) is 5. The third-order valence-corrected chi connectivity index (χ3v) is 6.23. The van der Waals surface area contributed by atoms with Crippen LogP contribution in [0.15, 0.2) is 0 Å². The van der Waals surface area contributed by atoms with Gasteiger partial charge in [-0.05, 0) is 6.92 Å². The van der Waals surface area contributed by atoms with Crippen molar-refractivity contribution < 1.29 is 14.3 Å². The Morgan fingerprint density at radius 3 is 2.53 bits per heavy atom. The van der Waals surface area contributed by atoms with Crippen LogP contribution in [0.3, 0.4) is 0 Å². The Morgan fingerprint density at radius 1 is 1.24 bits per heavy atom. The highest BCUT2D eigenvalue weighted by molar-refractivity contribution is 8.08. The summed E-state index contributed by atoms with van der Waals surface area (Å²) in [6, 6.07) is 0. The van der Waals surface area contributed by atoms with Crippen LogP contribution in [0.1, 0.15) is 33.6 Å². The summed E-state index contributed by atoms with van der Waals surface area (Å²) in [7, 11) is 0. The number of rotatable bonds is 5. The maximum Gasteiger partial charge on any atom is 0.306 e. The average molecular weight is 276 g/mol. The first-order valence-corrected chi connectivity index (χ1v) is 7.99. The molecule has 98 valence electrons. The summed E-state index contributed by atoms with van der Waals surface area (Å²) >= 11 is 3.59. The van der Waals surface area contributed by atoms with Crippen LogP contribution in [0.4, 0.5) is 0 Å². The van der Waals surface area contributed by atoms with E-state index in [0.717, 1.165) is 5.75 Å². The standard InChI is InChI=1S/C12H20O3S2/c1-4-15-12(14)6-5-10(13)11-7-16-8(2)9(3)17-11/h8-9,11H,4-7H2,1-3H3. The normalized spacial score (nSPS) is 28.8. The topological polar surface area (TPSA) is 43.4 Å². The predicted molar refractivity (Wildman–Crippen MR) is 73.6 cm³/mol. The van der Waals surface area contributed by atoms with Crippen molar-refractivity contribution in [2.45, 2.75) is 49.4 Å². The molecule has 3 unspecified atom stereocenters. The molecule has 0 aromatic carbocycles. The second-order valence-corrected chi connectivity index (χ2v) is 7.13. The van der Waals surface area contributed by atoms with Crippen LogP contribution in [0.5, 0.6) is 0 Å². The summed E-state index contributed by atoms with van der Waals surface area (Å²) in [5.74, 6) is 0.794. The van der Waals surface area contributed by atoms with E-state index in [0.29, 0.717) is 23.5 Å². The summed E-state index contributed by atoms with van der Waals surface area (Å²) in [6.07, 6.45) is 0.538. The summed E-state index contributed by atoms with van der Waals surface area (Å²) in [6.45, 7) is 6.51. The fourth-order valence-corrected chi connectivity index (χ4v) is 4.49.